The zero-order chi connectivity index (χ0) is 17.1. The van der Waals surface area contributed by atoms with Crippen molar-refractivity contribution in [2.45, 2.75) is 25.3 Å². The van der Waals surface area contributed by atoms with Gasteiger partial charge in [-0.05, 0) is 43.2 Å². The number of hydrogen-bond acceptors (Lipinski definition) is 4. The molecule has 1 unspecified atom stereocenters. The van der Waals surface area contributed by atoms with Gasteiger partial charge in [0.15, 0.2) is 5.78 Å². The minimum absolute atomic E-state index is 0.0704. The minimum Gasteiger partial charge on any atom is -0.506 e. The zero-order valence-electron chi connectivity index (χ0n) is 13.0. The van der Waals surface area contributed by atoms with E-state index in [2.05, 4.69) is 4.98 Å². The van der Waals surface area contributed by atoms with Gasteiger partial charge in [0.2, 0.25) is 0 Å². The average molecular weight is 328 g/mol. The first-order valence-electron chi connectivity index (χ1n) is 7.78. The van der Waals surface area contributed by atoms with E-state index in [-0.39, 0.29) is 35.7 Å². The van der Waals surface area contributed by atoms with Gasteiger partial charge in [-0.25, -0.2) is 4.39 Å². The van der Waals surface area contributed by atoms with Crippen LogP contribution in [0.1, 0.15) is 40.0 Å². The quantitative estimate of drug-likeness (QED) is 0.876. The highest BCUT2D eigenvalue weighted by Gasteiger charge is 2.31. The second-order valence-electron chi connectivity index (χ2n) is 5.86. The molecular formula is C18H17FN2O3. The van der Waals surface area contributed by atoms with E-state index in [0.717, 1.165) is 12.8 Å². The average Bonchev–Trinajstić information content (AvgIpc) is 3.02. The molecule has 1 atom stereocenters. The fraction of sp³-hybridized carbons (Fsp3) is 0.278. The Kier molecular flexibility index (Phi) is 4.55. The van der Waals surface area contributed by atoms with Crippen molar-refractivity contribution in [1.82, 2.24) is 9.88 Å². The van der Waals surface area contributed by atoms with Crippen LogP contribution in [0.2, 0.25) is 0 Å². The van der Waals surface area contributed by atoms with Crippen molar-refractivity contribution in [3.8, 4) is 5.75 Å². The molecule has 1 aliphatic heterocycles. The lowest BCUT2D eigenvalue weighted by molar-refractivity contribution is 0.0716. The molecule has 1 fully saturated rings. The van der Waals surface area contributed by atoms with Crippen molar-refractivity contribution in [2.75, 3.05) is 6.54 Å². The van der Waals surface area contributed by atoms with Crippen molar-refractivity contribution >= 4 is 11.7 Å². The standard InChI is InChI=1S/C18H17FN2O3/c19-14-5-3-12(4-6-14)17(23)9-15-2-1-7-21(15)18(24)13-8-16(22)11-20-10-13/h3-6,8,10-11,15,22H,1-2,7,9H2. The molecule has 6 heteroatoms. The van der Waals surface area contributed by atoms with E-state index in [9.17, 15) is 19.1 Å². The van der Waals surface area contributed by atoms with Crippen LogP contribution in [0, 0.1) is 5.82 Å². The van der Waals surface area contributed by atoms with E-state index in [4.69, 9.17) is 0 Å². The Labute approximate surface area is 138 Å². The van der Waals surface area contributed by atoms with Crippen molar-refractivity contribution in [1.29, 1.82) is 0 Å². The summed E-state index contributed by atoms with van der Waals surface area (Å²) in [6.07, 6.45) is 4.42. The number of ketones is 1. The monoisotopic (exact) mass is 328 g/mol. The lowest BCUT2D eigenvalue weighted by Crippen LogP contribution is -2.36. The first kappa shape index (κ1) is 16.1. The van der Waals surface area contributed by atoms with Crippen LogP contribution in [0.3, 0.4) is 0 Å². The molecule has 3 rings (SSSR count). The van der Waals surface area contributed by atoms with Crippen LogP contribution in [0.15, 0.2) is 42.7 Å². The second kappa shape index (κ2) is 6.78. The molecule has 0 saturated carbocycles. The number of pyridine rings is 1. The fourth-order valence-corrected chi connectivity index (χ4v) is 2.99. The van der Waals surface area contributed by atoms with Crippen molar-refractivity contribution in [3.63, 3.8) is 0 Å². The summed E-state index contributed by atoms with van der Waals surface area (Å²) in [4.78, 5) is 30.4. The molecule has 1 saturated heterocycles. The van der Waals surface area contributed by atoms with Gasteiger partial charge < -0.3 is 10.0 Å². The van der Waals surface area contributed by atoms with Gasteiger partial charge >= 0.3 is 0 Å². The third kappa shape index (κ3) is 3.42. The molecule has 0 spiro atoms. The number of hydrogen-bond donors (Lipinski definition) is 1. The number of likely N-dealkylation sites (tertiary alicyclic amines) is 1. The van der Waals surface area contributed by atoms with E-state index in [0.29, 0.717) is 17.7 Å². The number of aromatic nitrogens is 1. The number of rotatable bonds is 4. The maximum atomic E-state index is 13.0. The SMILES string of the molecule is O=C(CC1CCCN1C(=O)c1cncc(O)c1)c1ccc(F)cc1. The maximum absolute atomic E-state index is 13.0. The molecule has 1 aromatic heterocycles. The Balaban J connectivity index is 1.72. The molecule has 24 heavy (non-hydrogen) atoms. The molecule has 2 heterocycles. The van der Waals surface area contributed by atoms with E-state index in [1.807, 2.05) is 0 Å². The van der Waals surface area contributed by atoms with Gasteiger partial charge in [0.05, 0.1) is 11.8 Å². The molecule has 2 aromatic rings. The first-order chi connectivity index (χ1) is 11.5. The van der Waals surface area contributed by atoms with Crippen molar-refractivity contribution < 1.29 is 19.1 Å². The Morgan fingerprint density at radius 2 is 1.96 bits per heavy atom. The second-order valence-corrected chi connectivity index (χ2v) is 5.86. The summed E-state index contributed by atoms with van der Waals surface area (Å²) in [5, 5.41) is 9.47. The summed E-state index contributed by atoms with van der Waals surface area (Å²) in [5.41, 5.74) is 0.742. The number of aromatic hydroxyl groups is 1. The third-order valence-corrected chi connectivity index (χ3v) is 4.20. The molecule has 0 aliphatic carbocycles. The Hall–Kier alpha value is -2.76. The van der Waals surface area contributed by atoms with Crippen molar-refractivity contribution in [3.05, 3.63) is 59.7 Å². The molecular weight excluding hydrogens is 311 g/mol. The normalized spacial score (nSPS) is 17.0. The number of benzene rings is 1. The summed E-state index contributed by atoms with van der Waals surface area (Å²) in [6, 6.07) is 6.59. The molecule has 1 amide bonds. The van der Waals surface area contributed by atoms with Gasteiger partial charge in [0.25, 0.3) is 5.91 Å². The Morgan fingerprint density at radius 1 is 1.21 bits per heavy atom. The highest BCUT2D eigenvalue weighted by atomic mass is 19.1. The largest absolute Gasteiger partial charge is 0.506 e. The van der Waals surface area contributed by atoms with Crippen LogP contribution in [0.25, 0.3) is 0 Å². The first-order valence-corrected chi connectivity index (χ1v) is 7.78. The smallest absolute Gasteiger partial charge is 0.255 e. The number of amides is 1. The van der Waals surface area contributed by atoms with Crippen LogP contribution in [0.4, 0.5) is 4.39 Å². The summed E-state index contributed by atoms with van der Waals surface area (Å²) >= 11 is 0. The van der Waals surface area contributed by atoms with Crippen LogP contribution >= 0.6 is 0 Å². The number of nitrogens with zero attached hydrogens (tertiary/aromatic N) is 2. The van der Waals surface area contributed by atoms with Gasteiger partial charge in [-0.15, -0.1) is 0 Å². The van der Waals surface area contributed by atoms with Crippen LogP contribution in [-0.2, 0) is 0 Å². The topological polar surface area (TPSA) is 70.5 Å². The minimum atomic E-state index is -0.388. The van der Waals surface area contributed by atoms with Crippen LogP contribution in [-0.4, -0.2) is 39.3 Å². The summed E-state index contributed by atoms with van der Waals surface area (Å²) in [7, 11) is 0. The highest BCUT2D eigenvalue weighted by Crippen LogP contribution is 2.24. The van der Waals surface area contributed by atoms with E-state index in [1.165, 1.54) is 42.7 Å². The van der Waals surface area contributed by atoms with Gasteiger partial charge in [-0.2, -0.15) is 0 Å². The summed E-state index contributed by atoms with van der Waals surface area (Å²) in [5.74, 6) is -0.818. The number of carbonyl (C=O) groups excluding carboxylic acids is 2. The number of halogens is 1. The van der Waals surface area contributed by atoms with Crippen molar-refractivity contribution in [2.24, 2.45) is 0 Å². The lowest BCUT2D eigenvalue weighted by atomic mass is 10.0. The van der Waals surface area contributed by atoms with Gasteiger partial charge in [-0.1, -0.05) is 0 Å². The Bertz CT molecular complexity index is 761. The van der Waals surface area contributed by atoms with Gasteiger partial charge in [0, 0.05) is 30.8 Å². The number of Topliss-reactive ketones (excluding diaryl/α,β-unsaturated/α-hetero) is 1. The molecule has 0 bridgehead atoms. The molecule has 0 radical (unpaired) electrons. The Morgan fingerprint density at radius 3 is 2.67 bits per heavy atom. The predicted molar refractivity (Wildman–Crippen MR) is 85.3 cm³/mol. The van der Waals surface area contributed by atoms with Crippen LogP contribution in [0.5, 0.6) is 5.75 Å². The number of carbonyl (C=O) groups is 2. The summed E-state index contributed by atoms with van der Waals surface area (Å²) < 4.78 is 13.0. The van der Waals surface area contributed by atoms with Crippen LogP contribution < -0.4 is 0 Å². The molecule has 5 nitrogen and oxygen atoms in total. The molecule has 1 aliphatic rings. The van der Waals surface area contributed by atoms with E-state index < -0.39 is 0 Å². The highest BCUT2D eigenvalue weighted by molar-refractivity contribution is 5.98. The predicted octanol–water partition coefficient (Wildman–Crippen LogP) is 2.80. The molecule has 1 aromatic carbocycles. The summed E-state index contributed by atoms with van der Waals surface area (Å²) in [6.45, 7) is 0.565. The van der Waals surface area contributed by atoms with Gasteiger partial charge in [0.1, 0.15) is 11.6 Å². The molecule has 124 valence electrons. The van der Waals surface area contributed by atoms with E-state index in [1.54, 1.807) is 4.90 Å². The van der Waals surface area contributed by atoms with E-state index >= 15 is 0 Å². The van der Waals surface area contributed by atoms with Gasteiger partial charge in [-0.3, -0.25) is 14.6 Å². The maximum Gasteiger partial charge on any atom is 0.255 e. The lowest BCUT2D eigenvalue weighted by Gasteiger charge is -2.24. The third-order valence-electron chi connectivity index (χ3n) is 4.20. The fourth-order valence-electron chi connectivity index (χ4n) is 2.99. The molecule has 1 N–H and O–H groups in total. The zero-order valence-corrected chi connectivity index (χ0v) is 13.0.